The number of aliphatic hydroxyl groups excluding tert-OH is 1. The Morgan fingerprint density at radius 2 is 1.85 bits per heavy atom. The Morgan fingerprint density at radius 1 is 1.09 bits per heavy atom. The molecule has 260 valence electrons. The summed E-state index contributed by atoms with van der Waals surface area (Å²) in [4.78, 5) is 35.2. The molecule has 3 heterocycles. The van der Waals surface area contributed by atoms with E-state index >= 15 is 0 Å². The minimum atomic E-state index is -1.45. The van der Waals surface area contributed by atoms with Gasteiger partial charge in [-0.2, -0.15) is 0 Å². The number of nitrogens with zero attached hydrogens (tertiary/aromatic N) is 3. The van der Waals surface area contributed by atoms with Crippen molar-refractivity contribution in [1.82, 2.24) is 14.8 Å². The largest absolute Gasteiger partial charge is 0.457 e. The van der Waals surface area contributed by atoms with Crippen LogP contribution < -0.4 is 0 Å². The fourth-order valence-electron chi connectivity index (χ4n) is 6.95. The minimum Gasteiger partial charge on any atom is -0.457 e. The van der Waals surface area contributed by atoms with Gasteiger partial charge in [0.15, 0.2) is 6.10 Å². The number of rotatable bonds is 6. The molecule has 1 saturated carbocycles. The Bertz CT molecular complexity index is 1220. The number of amides is 1. The number of hydrogen-bond donors (Lipinski definition) is 2. The van der Waals surface area contributed by atoms with Gasteiger partial charge < -0.3 is 24.6 Å². The normalized spacial score (nSPS) is 31.1. The topological polar surface area (TPSA) is 112 Å². The molecule has 1 aromatic heterocycles. The van der Waals surface area contributed by atoms with E-state index in [0.717, 1.165) is 30.8 Å². The van der Waals surface area contributed by atoms with Gasteiger partial charge >= 0.3 is 12.1 Å². The molecule has 2 aliphatic heterocycles. The van der Waals surface area contributed by atoms with Gasteiger partial charge in [-0.1, -0.05) is 69.9 Å². The highest BCUT2D eigenvalue weighted by atomic mass is 16.6. The predicted octanol–water partition coefficient (Wildman–Crippen LogP) is 6.32. The Morgan fingerprint density at radius 3 is 2.57 bits per heavy atom. The van der Waals surface area contributed by atoms with Crippen molar-refractivity contribution in [3.8, 4) is 0 Å². The summed E-state index contributed by atoms with van der Waals surface area (Å²) in [6, 6.07) is 6.43. The van der Waals surface area contributed by atoms with Crippen LogP contribution in [0.4, 0.5) is 4.79 Å². The van der Waals surface area contributed by atoms with Crippen LogP contribution in [-0.2, 0) is 14.3 Å². The van der Waals surface area contributed by atoms with E-state index in [0.29, 0.717) is 19.1 Å². The number of pyridine rings is 1. The molecule has 9 nitrogen and oxygen atoms in total. The maximum absolute atomic E-state index is 13.6. The molecule has 2 fully saturated rings. The molecule has 47 heavy (non-hydrogen) atoms. The summed E-state index contributed by atoms with van der Waals surface area (Å²) in [5, 5.41) is 22.2. The Balaban J connectivity index is 1.47. The van der Waals surface area contributed by atoms with Crippen molar-refractivity contribution < 1.29 is 29.3 Å². The first-order chi connectivity index (χ1) is 22.5. The number of allylic oxidation sites excluding steroid dienone is 3. The lowest BCUT2D eigenvalue weighted by molar-refractivity contribution is -0.151. The monoisotopic (exact) mass is 651 g/mol. The summed E-state index contributed by atoms with van der Waals surface area (Å²) in [5.41, 5.74) is 0.343. The highest BCUT2D eigenvalue weighted by Crippen LogP contribution is 2.28. The fourth-order valence-corrected chi connectivity index (χ4v) is 6.95. The first-order valence-electron chi connectivity index (χ1n) is 17.8. The van der Waals surface area contributed by atoms with Crippen LogP contribution in [0.15, 0.2) is 60.3 Å². The maximum Gasteiger partial charge on any atom is 0.410 e. The molecule has 9 heteroatoms. The fraction of sp³-hybridized carbons (Fsp3) is 0.658. The molecule has 6 atom stereocenters. The lowest BCUT2D eigenvalue weighted by atomic mass is 9.88. The van der Waals surface area contributed by atoms with Crippen LogP contribution in [-0.4, -0.2) is 93.2 Å². The van der Waals surface area contributed by atoms with E-state index in [1.165, 1.54) is 38.5 Å². The number of esters is 1. The molecule has 2 N–H and O–H groups in total. The third-order valence-corrected chi connectivity index (χ3v) is 10.0. The average Bonchev–Trinajstić information content (AvgIpc) is 3.48. The van der Waals surface area contributed by atoms with Crippen molar-refractivity contribution in [2.24, 2.45) is 5.92 Å². The summed E-state index contributed by atoms with van der Waals surface area (Å²) in [7, 11) is 0. The quantitative estimate of drug-likeness (QED) is 0.159. The van der Waals surface area contributed by atoms with Crippen molar-refractivity contribution in [2.45, 2.75) is 128 Å². The van der Waals surface area contributed by atoms with Gasteiger partial charge in [0.25, 0.3) is 0 Å². The SMILES string of the molecule is C/C(=C\C=C\C(C)c1ccccn1)[C@H]1OC(=O)C[C@@H](O)CC[C@](C)(O)[C@@H](OC(=O)N2CCCN(C3CCCCCC3)CC2)/C=C/[C@@H]1C. The number of hydrogen-bond acceptors (Lipinski definition) is 8. The van der Waals surface area contributed by atoms with Crippen molar-refractivity contribution in [1.29, 1.82) is 0 Å². The maximum atomic E-state index is 13.6. The molecule has 3 aliphatic rings. The zero-order chi connectivity index (χ0) is 33.8. The smallest absolute Gasteiger partial charge is 0.410 e. The lowest BCUT2D eigenvalue weighted by Gasteiger charge is -2.34. The number of carbonyl (C=O) groups excluding carboxylic acids is 2. The highest BCUT2D eigenvalue weighted by Gasteiger charge is 2.37. The number of ether oxygens (including phenoxy) is 2. The van der Waals surface area contributed by atoms with Crippen LogP contribution in [0.2, 0.25) is 0 Å². The van der Waals surface area contributed by atoms with Crippen LogP contribution >= 0.6 is 0 Å². The molecular formula is C38H57N3O6. The molecule has 0 bridgehead atoms. The molecular weight excluding hydrogens is 594 g/mol. The van der Waals surface area contributed by atoms with Crippen LogP contribution in [0.5, 0.6) is 0 Å². The average molecular weight is 652 g/mol. The van der Waals surface area contributed by atoms with Crippen LogP contribution in [0, 0.1) is 5.92 Å². The second kappa shape index (κ2) is 17.9. The van der Waals surface area contributed by atoms with Gasteiger partial charge in [-0.15, -0.1) is 0 Å². The first-order valence-corrected chi connectivity index (χ1v) is 17.8. The molecule has 1 saturated heterocycles. The van der Waals surface area contributed by atoms with E-state index < -0.39 is 36.0 Å². The Hall–Kier alpha value is -3.01. The molecule has 1 aromatic rings. The minimum absolute atomic E-state index is 0.105. The zero-order valence-corrected chi connectivity index (χ0v) is 28.9. The molecule has 0 spiro atoms. The van der Waals surface area contributed by atoms with Gasteiger partial charge in [-0.05, 0) is 69.7 Å². The Labute approximate surface area is 281 Å². The molecule has 1 unspecified atom stereocenters. The Kier molecular flexibility index (Phi) is 14.1. The molecule has 4 rings (SSSR count). The second-order valence-corrected chi connectivity index (χ2v) is 14.1. The van der Waals surface area contributed by atoms with Crippen LogP contribution in [0.3, 0.4) is 0 Å². The predicted molar refractivity (Wildman–Crippen MR) is 184 cm³/mol. The van der Waals surface area contributed by atoms with E-state index in [9.17, 15) is 19.8 Å². The van der Waals surface area contributed by atoms with E-state index in [1.54, 1.807) is 24.1 Å². The molecule has 0 aromatic carbocycles. The van der Waals surface area contributed by atoms with Crippen molar-refractivity contribution in [3.05, 3.63) is 66.0 Å². The van der Waals surface area contributed by atoms with E-state index in [-0.39, 0.29) is 31.1 Å². The zero-order valence-electron chi connectivity index (χ0n) is 28.9. The summed E-state index contributed by atoms with van der Waals surface area (Å²) >= 11 is 0. The summed E-state index contributed by atoms with van der Waals surface area (Å²) in [6.07, 6.45) is 16.9. The highest BCUT2D eigenvalue weighted by molar-refractivity contribution is 5.70. The summed E-state index contributed by atoms with van der Waals surface area (Å²) in [5.74, 6) is -0.686. The molecule has 1 amide bonds. The third kappa shape index (κ3) is 11.3. The van der Waals surface area contributed by atoms with Gasteiger partial charge in [0.2, 0.25) is 0 Å². The van der Waals surface area contributed by atoms with E-state index in [2.05, 4.69) is 16.8 Å². The first kappa shape index (κ1) is 36.8. The van der Waals surface area contributed by atoms with Crippen molar-refractivity contribution in [3.63, 3.8) is 0 Å². The standard InChI is InChI=1S/C38H57N3O6/c1-28(33-17-9-10-22-39-33)13-11-14-29(2)36-30(3)18-19-34(38(4,45)21-20-32(42)27-35(43)47-36)46-37(44)41-24-12-23-40(25-26-41)31-15-7-5-6-8-16-31/h9-11,13-14,17-19,22,28,30-32,34,36,42,45H,5-8,12,15-16,20-21,23-27H2,1-4H3/b13-11+,19-18+,29-14+/t28?,30-,32-,34-,36+,38-/m0/s1. The van der Waals surface area contributed by atoms with Crippen molar-refractivity contribution >= 4 is 12.1 Å². The molecule has 0 radical (unpaired) electrons. The molecule has 1 aliphatic carbocycles. The van der Waals surface area contributed by atoms with Gasteiger partial charge in [0, 0.05) is 55.9 Å². The van der Waals surface area contributed by atoms with Gasteiger partial charge in [0.05, 0.1) is 12.5 Å². The number of cyclic esters (lactones) is 1. The third-order valence-electron chi connectivity index (χ3n) is 10.0. The van der Waals surface area contributed by atoms with Gasteiger partial charge in [-0.3, -0.25) is 14.7 Å². The van der Waals surface area contributed by atoms with Gasteiger partial charge in [0.1, 0.15) is 11.7 Å². The van der Waals surface area contributed by atoms with Gasteiger partial charge in [-0.25, -0.2) is 4.79 Å². The van der Waals surface area contributed by atoms with Crippen LogP contribution in [0.1, 0.15) is 104 Å². The number of aliphatic hydroxyl groups is 2. The van der Waals surface area contributed by atoms with E-state index in [4.69, 9.17) is 9.47 Å². The van der Waals surface area contributed by atoms with Crippen LogP contribution in [0.25, 0.3) is 0 Å². The number of carbonyl (C=O) groups is 2. The lowest BCUT2D eigenvalue weighted by Crippen LogP contribution is -2.46. The number of aromatic nitrogens is 1. The van der Waals surface area contributed by atoms with Crippen molar-refractivity contribution in [2.75, 3.05) is 26.2 Å². The summed E-state index contributed by atoms with van der Waals surface area (Å²) < 4.78 is 12.0. The second-order valence-electron chi connectivity index (χ2n) is 14.1. The van der Waals surface area contributed by atoms with E-state index in [1.807, 2.05) is 56.4 Å². The summed E-state index contributed by atoms with van der Waals surface area (Å²) in [6.45, 7) is 10.6.